The molecule has 0 bridgehead atoms. The van der Waals surface area contributed by atoms with Gasteiger partial charge in [-0.2, -0.15) is 0 Å². The van der Waals surface area contributed by atoms with E-state index in [1.807, 2.05) is 18.2 Å². The number of benzene rings is 1. The van der Waals surface area contributed by atoms with E-state index in [4.69, 9.17) is 0 Å². The molecule has 0 spiro atoms. The molecule has 0 heterocycles. The van der Waals surface area contributed by atoms with Gasteiger partial charge in [0.15, 0.2) is 0 Å². The van der Waals surface area contributed by atoms with Crippen molar-refractivity contribution in [2.45, 2.75) is 28.9 Å². The number of rotatable bonds is 3. The summed E-state index contributed by atoms with van der Waals surface area (Å²) in [4.78, 5) is 12.0. The molecule has 0 aromatic heterocycles. The Morgan fingerprint density at radius 3 is 2.39 bits per heavy atom. The van der Waals surface area contributed by atoms with E-state index in [0.717, 1.165) is 12.8 Å². The Morgan fingerprint density at radius 1 is 1.17 bits per heavy atom. The average Bonchev–Trinajstić information content (AvgIpc) is 2.34. The maximum Gasteiger partial charge on any atom is 0.306 e. The predicted octanol–water partition coefficient (Wildman–Crippen LogP) is 3.87. The van der Waals surface area contributed by atoms with Crippen LogP contribution in [-0.4, -0.2) is 20.7 Å². The van der Waals surface area contributed by atoms with Crippen LogP contribution in [0.15, 0.2) is 30.3 Å². The van der Waals surface area contributed by atoms with Gasteiger partial charge < -0.3 is 5.11 Å². The molecule has 2 rings (SSSR count). The zero-order chi connectivity index (χ0) is 13.1. The second-order valence-electron chi connectivity index (χ2n) is 4.90. The number of halogens is 2. The first kappa shape index (κ1) is 14.1. The molecule has 1 fully saturated rings. The van der Waals surface area contributed by atoms with E-state index >= 15 is 0 Å². The fourth-order valence-corrected chi connectivity index (χ4v) is 3.94. The minimum Gasteiger partial charge on any atom is -0.481 e. The van der Waals surface area contributed by atoms with E-state index in [0.29, 0.717) is 11.2 Å². The molecule has 0 unspecified atom stereocenters. The van der Waals surface area contributed by atoms with Crippen molar-refractivity contribution in [1.29, 1.82) is 0 Å². The number of carboxylic acids is 1. The number of carboxylic acid groups (broad SMARTS) is 1. The molecule has 1 aliphatic rings. The number of hydrogen-bond acceptors (Lipinski definition) is 1. The van der Waals surface area contributed by atoms with E-state index < -0.39 is 5.97 Å². The van der Waals surface area contributed by atoms with Crippen molar-refractivity contribution in [3.05, 3.63) is 35.9 Å². The summed E-state index contributed by atoms with van der Waals surface area (Å²) in [5, 5.41) is 9.35. The van der Waals surface area contributed by atoms with Crippen LogP contribution in [0.5, 0.6) is 0 Å². The zero-order valence-corrected chi connectivity index (χ0v) is 13.1. The van der Waals surface area contributed by atoms with Gasteiger partial charge in [-0.15, -0.1) is 0 Å². The van der Waals surface area contributed by atoms with Gasteiger partial charge in [-0.05, 0) is 30.7 Å². The van der Waals surface area contributed by atoms with Crippen LogP contribution in [-0.2, 0) is 11.2 Å². The first-order valence-corrected chi connectivity index (χ1v) is 7.96. The third kappa shape index (κ3) is 3.35. The molecule has 2 nitrogen and oxygen atoms in total. The first-order chi connectivity index (χ1) is 8.58. The molecule has 18 heavy (non-hydrogen) atoms. The van der Waals surface area contributed by atoms with E-state index in [-0.39, 0.29) is 16.7 Å². The summed E-state index contributed by atoms with van der Waals surface area (Å²) in [6.07, 6.45) is 2.45. The molecule has 1 aromatic rings. The van der Waals surface area contributed by atoms with Crippen LogP contribution >= 0.6 is 31.9 Å². The Bertz CT molecular complexity index is 408. The lowest BCUT2D eigenvalue weighted by atomic mass is 9.76. The van der Waals surface area contributed by atoms with E-state index in [9.17, 15) is 9.90 Å². The minimum atomic E-state index is -0.667. The standard InChI is InChI=1S/C14H16Br2O2/c15-12-7-10(6-9-4-2-1-3-5-9)11(14(17)18)8-13(12)16/h1-5,10-13H,6-8H2,(H,17,18)/t10-,11+,12+,13-/m0/s1. The molecule has 1 saturated carbocycles. The summed E-state index contributed by atoms with van der Waals surface area (Å²) in [6.45, 7) is 0. The molecule has 1 N–H and O–H groups in total. The van der Waals surface area contributed by atoms with Gasteiger partial charge in [0.05, 0.1) is 5.92 Å². The van der Waals surface area contributed by atoms with Crippen molar-refractivity contribution in [1.82, 2.24) is 0 Å². The SMILES string of the molecule is O=C(O)[C@@H]1C[C@H](Br)[C@H](Br)C[C@@H]1Cc1ccccc1. The molecule has 4 heteroatoms. The van der Waals surface area contributed by atoms with Crippen molar-refractivity contribution in [3.8, 4) is 0 Å². The molecular formula is C14H16Br2O2. The number of aliphatic carboxylic acids is 1. The summed E-state index contributed by atoms with van der Waals surface area (Å²) in [5.74, 6) is -0.703. The van der Waals surface area contributed by atoms with Gasteiger partial charge >= 0.3 is 5.97 Å². The molecule has 1 aliphatic carbocycles. The van der Waals surface area contributed by atoms with Crippen molar-refractivity contribution >= 4 is 37.8 Å². The second kappa shape index (κ2) is 6.20. The molecule has 0 amide bonds. The number of carbonyl (C=O) groups is 1. The van der Waals surface area contributed by atoms with Crippen LogP contribution in [0.4, 0.5) is 0 Å². The highest BCUT2D eigenvalue weighted by Crippen LogP contribution is 2.39. The highest BCUT2D eigenvalue weighted by Gasteiger charge is 2.38. The van der Waals surface area contributed by atoms with Gasteiger partial charge in [0, 0.05) is 9.65 Å². The fraction of sp³-hybridized carbons (Fsp3) is 0.500. The van der Waals surface area contributed by atoms with Crippen LogP contribution in [0.25, 0.3) is 0 Å². The van der Waals surface area contributed by atoms with Gasteiger partial charge in [-0.1, -0.05) is 62.2 Å². The average molecular weight is 376 g/mol. The molecule has 98 valence electrons. The van der Waals surface area contributed by atoms with E-state index in [1.165, 1.54) is 5.56 Å². The topological polar surface area (TPSA) is 37.3 Å². The van der Waals surface area contributed by atoms with Crippen molar-refractivity contribution < 1.29 is 9.90 Å². The zero-order valence-electron chi connectivity index (χ0n) is 9.93. The van der Waals surface area contributed by atoms with E-state index in [2.05, 4.69) is 44.0 Å². The maximum atomic E-state index is 11.4. The second-order valence-corrected chi connectivity index (χ2v) is 7.25. The summed E-state index contributed by atoms with van der Waals surface area (Å²) in [6, 6.07) is 10.1. The normalized spacial score (nSPS) is 32.1. The largest absolute Gasteiger partial charge is 0.481 e. The highest BCUT2D eigenvalue weighted by atomic mass is 79.9. The van der Waals surface area contributed by atoms with Crippen LogP contribution in [0.2, 0.25) is 0 Å². The lowest BCUT2D eigenvalue weighted by Crippen LogP contribution is -2.37. The third-order valence-corrected chi connectivity index (χ3v) is 6.36. The van der Waals surface area contributed by atoms with Crippen molar-refractivity contribution in [2.75, 3.05) is 0 Å². The lowest BCUT2D eigenvalue weighted by molar-refractivity contribution is -0.144. The summed E-state index contributed by atoms with van der Waals surface area (Å²) < 4.78 is 0. The lowest BCUT2D eigenvalue weighted by Gasteiger charge is -2.35. The molecule has 0 saturated heterocycles. The third-order valence-electron chi connectivity index (χ3n) is 3.63. The van der Waals surface area contributed by atoms with Gasteiger partial charge in [0.1, 0.15) is 0 Å². The van der Waals surface area contributed by atoms with Gasteiger partial charge in [-0.3, -0.25) is 4.79 Å². The van der Waals surface area contributed by atoms with Crippen molar-refractivity contribution in [3.63, 3.8) is 0 Å². The first-order valence-electron chi connectivity index (χ1n) is 6.12. The summed E-state index contributed by atoms with van der Waals surface area (Å²) in [7, 11) is 0. The molecule has 4 atom stereocenters. The highest BCUT2D eigenvalue weighted by molar-refractivity contribution is 9.12. The maximum absolute atomic E-state index is 11.4. The monoisotopic (exact) mass is 374 g/mol. The molecular weight excluding hydrogens is 360 g/mol. The predicted molar refractivity (Wildman–Crippen MR) is 79.4 cm³/mol. The smallest absolute Gasteiger partial charge is 0.306 e. The van der Waals surface area contributed by atoms with E-state index in [1.54, 1.807) is 0 Å². The quantitative estimate of drug-likeness (QED) is 0.814. The fourth-order valence-electron chi connectivity index (χ4n) is 2.63. The molecule has 0 radical (unpaired) electrons. The summed E-state index contributed by atoms with van der Waals surface area (Å²) >= 11 is 7.21. The Labute approximate surface area is 124 Å². The molecule has 0 aliphatic heterocycles. The van der Waals surface area contributed by atoms with Crippen LogP contribution in [0, 0.1) is 11.8 Å². The summed E-state index contributed by atoms with van der Waals surface area (Å²) in [5.41, 5.74) is 1.22. The number of hydrogen-bond donors (Lipinski definition) is 1. The minimum absolute atomic E-state index is 0.211. The number of alkyl halides is 2. The molecule has 1 aromatic carbocycles. The van der Waals surface area contributed by atoms with Gasteiger partial charge in [-0.25, -0.2) is 0 Å². The van der Waals surface area contributed by atoms with Crippen LogP contribution in [0.3, 0.4) is 0 Å². The Kier molecular flexibility index (Phi) is 4.84. The Morgan fingerprint density at radius 2 is 1.78 bits per heavy atom. The van der Waals surface area contributed by atoms with Crippen LogP contribution in [0.1, 0.15) is 18.4 Å². The Balaban J connectivity index is 2.11. The Hall–Kier alpha value is -0.350. The van der Waals surface area contributed by atoms with Crippen molar-refractivity contribution in [2.24, 2.45) is 11.8 Å². The van der Waals surface area contributed by atoms with Gasteiger partial charge in [0.25, 0.3) is 0 Å². The van der Waals surface area contributed by atoms with Crippen LogP contribution < -0.4 is 0 Å². The van der Waals surface area contributed by atoms with Gasteiger partial charge in [0.2, 0.25) is 0 Å².